The molecule has 1 aromatic heterocycles. The highest BCUT2D eigenvalue weighted by Gasteiger charge is 2.35. The van der Waals surface area contributed by atoms with Gasteiger partial charge in [-0.1, -0.05) is 13.8 Å². The lowest BCUT2D eigenvalue weighted by Gasteiger charge is -2.34. The smallest absolute Gasteiger partial charge is 0.274 e. The van der Waals surface area contributed by atoms with E-state index in [4.69, 9.17) is 0 Å². The zero-order valence-electron chi connectivity index (χ0n) is 15.1. The zero-order chi connectivity index (χ0) is 16.7. The molecule has 132 valence electrons. The third kappa shape index (κ3) is 3.10. The van der Waals surface area contributed by atoms with Crippen LogP contribution in [0.1, 0.15) is 61.3 Å². The molecule has 5 heteroatoms. The number of rotatable bonds is 4. The Hall–Kier alpha value is -1.36. The van der Waals surface area contributed by atoms with Gasteiger partial charge < -0.3 is 4.90 Å². The molecule has 1 aromatic rings. The molecule has 0 radical (unpaired) electrons. The summed E-state index contributed by atoms with van der Waals surface area (Å²) in [6.45, 7) is 8.66. The van der Waals surface area contributed by atoms with Crippen molar-refractivity contribution in [3.05, 3.63) is 17.0 Å². The van der Waals surface area contributed by atoms with E-state index in [2.05, 4.69) is 33.8 Å². The van der Waals surface area contributed by atoms with Crippen LogP contribution in [0.25, 0.3) is 0 Å². The maximum atomic E-state index is 13.1. The first-order chi connectivity index (χ1) is 11.6. The van der Waals surface area contributed by atoms with Gasteiger partial charge in [0.1, 0.15) is 0 Å². The van der Waals surface area contributed by atoms with E-state index in [-0.39, 0.29) is 5.91 Å². The van der Waals surface area contributed by atoms with Crippen LogP contribution in [0, 0.1) is 11.8 Å². The molecule has 24 heavy (non-hydrogen) atoms. The van der Waals surface area contributed by atoms with Gasteiger partial charge in [-0.3, -0.25) is 14.8 Å². The number of carbonyl (C=O) groups excluding carboxylic acids is 1. The minimum Gasteiger partial charge on any atom is -0.336 e. The van der Waals surface area contributed by atoms with Crippen LogP contribution >= 0.6 is 0 Å². The summed E-state index contributed by atoms with van der Waals surface area (Å²) in [5, 5.41) is 7.45. The van der Waals surface area contributed by atoms with Crippen molar-refractivity contribution in [3.8, 4) is 0 Å². The number of amides is 1. The van der Waals surface area contributed by atoms with Gasteiger partial charge in [0, 0.05) is 43.5 Å². The topological polar surface area (TPSA) is 52.2 Å². The minimum absolute atomic E-state index is 0.147. The Balaban J connectivity index is 1.51. The molecule has 2 aliphatic carbocycles. The number of hydrogen-bond acceptors (Lipinski definition) is 3. The molecular weight excluding hydrogens is 300 g/mol. The highest BCUT2D eigenvalue weighted by atomic mass is 16.2. The van der Waals surface area contributed by atoms with Crippen molar-refractivity contribution in [2.45, 2.75) is 58.4 Å². The zero-order valence-corrected chi connectivity index (χ0v) is 15.1. The van der Waals surface area contributed by atoms with Crippen LogP contribution in [0.5, 0.6) is 0 Å². The fourth-order valence-corrected chi connectivity index (χ4v) is 4.38. The van der Waals surface area contributed by atoms with Crippen molar-refractivity contribution in [2.75, 3.05) is 26.2 Å². The van der Waals surface area contributed by atoms with Crippen LogP contribution in [0.4, 0.5) is 0 Å². The minimum atomic E-state index is 0.147. The van der Waals surface area contributed by atoms with Gasteiger partial charge in [0.15, 0.2) is 5.69 Å². The summed E-state index contributed by atoms with van der Waals surface area (Å²) >= 11 is 0. The van der Waals surface area contributed by atoms with E-state index in [9.17, 15) is 4.79 Å². The van der Waals surface area contributed by atoms with Crippen molar-refractivity contribution in [3.63, 3.8) is 0 Å². The number of nitrogens with one attached hydrogen (secondary N) is 1. The Morgan fingerprint density at radius 1 is 1.25 bits per heavy atom. The number of nitrogens with zero attached hydrogens (tertiary/aromatic N) is 3. The van der Waals surface area contributed by atoms with Gasteiger partial charge in [-0.15, -0.1) is 0 Å². The van der Waals surface area contributed by atoms with Crippen molar-refractivity contribution in [1.29, 1.82) is 0 Å². The molecule has 5 nitrogen and oxygen atoms in total. The van der Waals surface area contributed by atoms with E-state index in [0.29, 0.717) is 17.7 Å². The number of carbonyl (C=O) groups is 1. The molecule has 1 atom stereocenters. The molecule has 1 aliphatic heterocycles. The summed E-state index contributed by atoms with van der Waals surface area (Å²) < 4.78 is 0. The average molecular weight is 330 g/mol. The molecule has 1 saturated carbocycles. The lowest BCUT2D eigenvalue weighted by Crippen LogP contribution is -2.46. The summed E-state index contributed by atoms with van der Waals surface area (Å²) in [5.74, 6) is 1.62. The monoisotopic (exact) mass is 330 g/mol. The lowest BCUT2D eigenvalue weighted by atomic mass is 10.0. The summed E-state index contributed by atoms with van der Waals surface area (Å²) in [7, 11) is 0. The van der Waals surface area contributed by atoms with Crippen LogP contribution in [0.15, 0.2) is 0 Å². The second-order valence-corrected chi connectivity index (χ2v) is 8.24. The standard InChI is InChI=1S/C19H30N4O/c1-13(2)17-12-23(10-4-9-22(17)11-14-7-8-14)19(24)18-15-5-3-6-16(15)20-21-18/h13-14,17H,3-12H2,1-2H3,(H,20,21)/t17-/m1/s1. The van der Waals surface area contributed by atoms with E-state index < -0.39 is 0 Å². The summed E-state index contributed by atoms with van der Waals surface area (Å²) in [6, 6.07) is 0.476. The second kappa shape index (κ2) is 6.51. The quantitative estimate of drug-likeness (QED) is 0.923. The number of aromatic amines is 1. The number of H-pyrrole nitrogens is 1. The predicted molar refractivity (Wildman–Crippen MR) is 94.1 cm³/mol. The summed E-state index contributed by atoms with van der Waals surface area (Å²) in [4.78, 5) is 17.8. The summed E-state index contributed by atoms with van der Waals surface area (Å²) in [6.07, 6.45) is 7.05. The van der Waals surface area contributed by atoms with Gasteiger partial charge >= 0.3 is 0 Å². The first-order valence-corrected chi connectivity index (χ1v) is 9.73. The van der Waals surface area contributed by atoms with Crippen molar-refractivity contribution < 1.29 is 4.79 Å². The van der Waals surface area contributed by atoms with Crippen LogP contribution in [0.3, 0.4) is 0 Å². The van der Waals surface area contributed by atoms with E-state index in [1.165, 1.54) is 30.6 Å². The van der Waals surface area contributed by atoms with Crippen molar-refractivity contribution in [1.82, 2.24) is 20.0 Å². The number of aromatic nitrogens is 2. The molecule has 0 bridgehead atoms. The second-order valence-electron chi connectivity index (χ2n) is 8.24. The molecular formula is C19H30N4O. The van der Waals surface area contributed by atoms with E-state index in [0.717, 1.165) is 51.2 Å². The number of aryl methyl sites for hydroxylation is 1. The van der Waals surface area contributed by atoms with E-state index in [1.807, 2.05) is 0 Å². The maximum Gasteiger partial charge on any atom is 0.274 e. The van der Waals surface area contributed by atoms with Gasteiger partial charge in [0.25, 0.3) is 5.91 Å². The Morgan fingerprint density at radius 2 is 2.08 bits per heavy atom. The predicted octanol–water partition coefficient (Wildman–Crippen LogP) is 2.48. The third-order valence-electron chi connectivity index (χ3n) is 6.01. The van der Waals surface area contributed by atoms with Gasteiger partial charge in [-0.2, -0.15) is 5.10 Å². The molecule has 1 N–H and O–H groups in total. The van der Waals surface area contributed by atoms with Gasteiger partial charge in [0.05, 0.1) is 0 Å². The highest BCUT2D eigenvalue weighted by molar-refractivity contribution is 5.94. The van der Waals surface area contributed by atoms with Gasteiger partial charge in [-0.25, -0.2) is 0 Å². The average Bonchev–Trinajstić information content (AvgIpc) is 3.16. The maximum absolute atomic E-state index is 13.1. The Morgan fingerprint density at radius 3 is 2.83 bits per heavy atom. The largest absolute Gasteiger partial charge is 0.336 e. The number of hydrogen-bond donors (Lipinski definition) is 1. The normalized spacial score (nSPS) is 25.1. The third-order valence-corrected chi connectivity index (χ3v) is 6.01. The van der Waals surface area contributed by atoms with Crippen LogP contribution < -0.4 is 0 Å². The van der Waals surface area contributed by atoms with Crippen LogP contribution in [-0.4, -0.2) is 58.1 Å². The molecule has 2 heterocycles. The molecule has 0 spiro atoms. The first kappa shape index (κ1) is 16.1. The molecule has 0 unspecified atom stereocenters. The Bertz CT molecular complexity index is 605. The highest BCUT2D eigenvalue weighted by Crippen LogP contribution is 2.32. The number of fused-ring (bicyclic) bond motifs is 1. The fourth-order valence-electron chi connectivity index (χ4n) is 4.38. The van der Waals surface area contributed by atoms with E-state index in [1.54, 1.807) is 0 Å². The van der Waals surface area contributed by atoms with Crippen molar-refractivity contribution in [2.24, 2.45) is 11.8 Å². The molecule has 1 amide bonds. The molecule has 3 aliphatic rings. The van der Waals surface area contributed by atoms with Gasteiger partial charge in [0.2, 0.25) is 0 Å². The Labute approximate surface area is 144 Å². The lowest BCUT2D eigenvalue weighted by molar-refractivity contribution is 0.0697. The molecule has 0 aromatic carbocycles. The van der Waals surface area contributed by atoms with Gasteiger partial charge in [-0.05, 0) is 50.4 Å². The SMILES string of the molecule is CC(C)[C@H]1CN(C(=O)c2n[nH]c3c2CCC3)CCCN1CC1CC1. The molecule has 2 fully saturated rings. The van der Waals surface area contributed by atoms with Crippen molar-refractivity contribution >= 4 is 5.91 Å². The Kier molecular flexibility index (Phi) is 4.37. The first-order valence-electron chi connectivity index (χ1n) is 9.73. The van der Waals surface area contributed by atoms with Crippen LogP contribution in [0.2, 0.25) is 0 Å². The molecule has 4 rings (SSSR count). The summed E-state index contributed by atoms with van der Waals surface area (Å²) in [5.41, 5.74) is 3.06. The fraction of sp³-hybridized carbons (Fsp3) is 0.789. The van der Waals surface area contributed by atoms with Crippen LogP contribution in [-0.2, 0) is 12.8 Å². The van der Waals surface area contributed by atoms with E-state index >= 15 is 0 Å². The molecule has 1 saturated heterocycles.